The molecule has 9 heteroatoms. The number of piperazine rings is 1. The molecule has 0 aliphatic carbocycles. The fourth-order valence-corrected chi connectivity index (χ4v) is 4.77. The Bertz CT molecular complexity index is 1020. The van der Waals surface area contributed by atoms with Crippen molar-refractivity contribution in [1.29, 1.82) is 0 Å². The maximum atomic E-state index is 12.1. The predicted molar refractivity (Wildman–Crippen MR) is 122 cm³/mol. The van der Waals surface area contributed by atoms with Crippen molar-refractivity contribution in [3.8, 4) is 0 Å². The van der Waals surface area contributed by atoms with Crippen molar-refractivity contribution in [2.45, 2.75) is 33.9 Å². The second-order valence-corrected chi connectivity index (χ2v) is 10.2. The van der Waals surface area contributed by atoms with Gasteiger partial charge in [0.25, 0.3) is 0 Å². The topological polar surface area (TPSA) is 99.8 Å². The van der Waals surface area contributed by atoms with Crippen molar-refractivity contribution < 1.29 is 13.2 Å². The van der Waals surface area contributed by atoms with Crippen LogP contribution in [0.3, 0.4) is 0 Å². The van der Waals surface area contributed by atoms with E-state index in [1.165, 1.54) is 4.90 Å². The predicted octanol–water partition coefficient (Wildman–Crippen LogP) is 2.25. The maximum absolute atomic E-state index is 12.1. The van der Waals surface area contributed by atoms with Gasteiger partial charge in [0.05, 0.1) is 24.2 Å². The molecule has 0 spiro atoms. The monoisotopic (exact) mass is 445 g/mol. The van der Waals surface area contributed by atoms with Gasteiger partial charge in [-0.05, 0) is 49.6 Å². The summed E-state index contributed by atoms with van der Waals surface area (Å²) < 4.78 is 25.7. The van der Waals surface area contributed by atoms with Crippen LogP contribution in [0, 0.1) is 13.8 Å². The molecule has 8 nitrogen and oxygen atoms in total. The molecule has 1 aliphatic rings. The largest absolute Gasteiger partial charge is 0.351 e. The number of nitrogens with zero attached hydrogens (tertiary/aromatic N) is 4. The van der Waals surface area contributed by atoms with E-state index in [4.69, 9.17) is 5.73 Å². The summed E-state index contributed by atoms with van der Waals surface area (Å²) in [7, 11) is -3.13. The fraction of sp³-hybridized carbons (Fsp3) is 0.455. The first-order valence-electron chi connectivity index (χ1n) is 10.5. The van der Waals surface area contributed by atoms with Gasteiger partial charge in [-0.15, -0.1) is 0 Å². The number of anilines is 1. The van der Waals surface area contributed by atoms with Crippen LogP contribution >= 0.6 is 0 Å². The highest BCUT2D eigenvalue weighted by Gasteiger charge is 2.25. The first-order chi connectivity index (χ1) is 14.7. The number of aryl methyl sites for hydroxylation is 2. The lowest BCUT2D eigenvalue weighted by Gasteiger charge is -2.34. The molecule has 1 saturated heterocycles. The Kier molecular flexibility index (Phi) is 7.30. The van der Waals surface area contributed by atoms with Crippen LogP contribution in [0.1, 0.15) is 29.3 Å². The van der Waals surface area contributed by atoms with Crippen molar-refractivity contribution in [2.24, 2.45) is 5.73 Å². The number of aromatic nitrogens is 1. The number of nitrogens with two attached hydrogens (primary N) is 1. The quantitative estimate of drug-likeness (QED) is 0.705. The minimum Gasteiger partial charge on any atom is -0.351 e. The number of hydrogen-bond acceptors (Lipinski definition) is 5. The summed E-state index contributed by atoms with van der Waals surface area (Å²) in [6.07, 6.45) is 1.65. The van der Waals surface area contributed by atoms with Gasteiger partial charge in [-0.1, -0.05) is 18.2 Å². The van der Waals surface area contributed by atoms with Crippen LogP contribution in [-0.4, -0.2) is 60.6 Å². The van der Waals surface area contributed by atoms with Crippen LogP contribution in [0.25, 0.3) is 0 Å². The lowest BCUT2D eigenvalue weighted by Crippen LogP contribution is -2.48. The Morgan fingerprint density at radius 1 is 1.13 bits per heavy atom. The highest BCUT2D eigenvalue weighted by Crippen LogP contribution is 2.20. The van der Waals surface area contributed by atoms with E-state index < -0.39 is 16.1 Å². The number of hydrogen-bond donors (Lipinski definition) is 1. The molecule has 168 valence electrons. The third kappa shape index (κ3) is 5.81. The molecule has 2 aromatic rings. The number of pyridine rings is 1. The molecule has 0 bridgehead atoms. The Morgan fingerprint density at radius 3 is 2.42 bits per heavy atom. The molecule has 1 aliphatic heterocycles. The van der Waals surface area contributed by atoms with Crippen LogP contribution in [0.5, 0.6) is 0 Å². The molecule has 31 heavy (non-hydrogen) atoms. The van der Waals surface area contributed by atoms with Gasteiger partial charge < -0.3 is 5.73 Å². The zero-order valence-corrected chi connectivity index (χ0v) is 19.2. The lowest BCUT2D eigenvalue weighted by molar-refractivity contribution is 0.181. The summed E-state index contributed by atoms with van der Waals surface area (Å²) in [5.74, 6) is 0.140. The molecule has 0 saturated carbocycles. The van der Waals surface area contributed by atoms with Gasteiger partial charge in [0, 0.05) is 38.4 Å². The standard InChI is InChI=1S/C22H31N5O3S/c1-4-31(29,30)26-11-9-25(10-12-26)16-20-13-19(7-5-17(20)2)15-27(22(23)28)21-8-6-18(3)24-14-21/h5-8,13-14H,4,9-12,15-16H2,1-3H3,(H2,23,28). The number of primary amides is 1. The number of amides is 2. The molecule has 2 amide bonds. The normalized spacial score (nSPS) is 15.7. The SMILES string of the molecule is CCS(=O)(=O)N1CCN(Cc2cc(CN(C(N)=O)c3ccc(C)nc3)ccc2C)CC1. The number of benzene rings is 1. The van der Waals surface area contributed by atoms with Gasteiger partial charge in [-0.2, -0.15) is 4.31 Å². The van der Waals surface area contributed by atoms with E-state index in [0.29, 0.717) is 38.4 Å². The van der Waals surface area contributed by atoms with Gasteiger partial charge in [0.1, 0.15) is 0 Å². The van der Waals surface area contributed by atoms with E-state index in [2.05, 4.69) is 28.9 Å². The summed E-state index contributed by atoms with van der Waals surface area (Å²) in [5, 5.41) is 0. The van der Waals surface area contributed by atoms with E-state index in [0.717, 1.165) is 28.9 Å². The van der Waals surface area contributed by atoms with Gasteiger partial charge in [0.15, 0.2) is 0 Å². The van der Waals surface area contributed by atoms with Gasteiger partial charge in [-0.25, -0.2) is 13.2 Å². The molecule has 0 radical (unpaired) electrons. The minimum absolute atomic E-state index is 0.140. The zero-order chi connectivity index (χ0) is 22.6. The Balaban J connectivity index is 1.70. The van der Waals surface area contributed by atoms with Gasteiger partial charge in [0.2, 0.25) is 10.0 Å². The zero-order valence-electron chi connectivity index (χ0n) is 18.4. The Morgan fingerprint density at radius 2 is 1.84 bits per heavy atom. The van der Waals surface area contributed by atoms with E-state index in [1.54, 1.807) is 17.4 Å². The number of carbonyl (C=O) groups is 1. The van der Waals surface area contributed by atoms with E-state index >= 15 is 0 Å². The molecule has 0 unspecified atom stereocenters. The van der Waals surface area contributed by atoms with Crippen LogP contribution in [0.2, 0.25) is 0 Å². The second kappa shape index (κ2) is 9.76. The van der Waals surface area contributed by atoms with Crippen LogP contribution < -0.4 is 10.6 Å². The minimum atomic E-state index is -3.13. The Hall–Kier alpha value is -2.49. The first kappa shape index (κ1) is 23.2. The fourth-order valence-electron chi connectivity index (χ4n) is 3.68. The molecule has 3 rings (SSSR count). The molecular formula is C22H31N5O3S. The third-order valence-electron chi connectivity index (χ3n) is 5.71. The van der Waals surface area contributed by atoms with E-state index in [-0.39, 0.29) is 5.75 Å². The second-order valence-electron chi connectivity index (χ2n) is 7.92. The Labute approximate surface area is 184 Å². The van der Waals surface area contributed by atoms with Crippen molar-refractivity contribution >= 4 is 21.7 Å². The average molecular weight is 446 g/mol. The smallest absolute Gasteiger partial charge is 0.319 e. The van der Waals surface area contributed by atoms with Gasteiger partial charge in [-0.3, -0.25) is 14.8 Å². The molecule has 1 aromatic carbocycles. The van der Waals surface area contributed by atoms with Gasteiger partial charge >= 0.3 is 6.03 Å². The molecular weight excluding hydrogens is 414 g/mol. The van der Waals surface area contributed by atoms with E-state index in [9.17, 15) is 13.2 Å². The lowest BCUT2D eigenvalue weighted by atomic mass is 10.0. The summed E-state index contributed by atoms with van der Waals surface area (Å²) in [5.41, 5.74) is 10.5. The molecule has 1 aromatic heterocycles. The molecule has 1 fully saturated rings. The number of sulfonamides is 1. The van der Waals surface area contributed by atoms with Crippen LogP contribution in [0.4, 0.5) is 10.5 Å². The molecule has 2 heterocycles. The van der Waals surface area contributed by atoms with Crippen LogP contribution in [-0.2, 0) is 23.1 Å². The number of carbonyl (C=O) groups excluding carboxylic acids is 1. The maximum Gasteiger partial charge on any atom is 0.319 e. The number of rotatable bonds is 7. The summed E-state index contributed by atoms with van der Waals surface area (Å²) in [4.78, 5) is 20.1. The number of urea groups is 1. The van der Waals surface area contributed by atoms with E-state index in [1.807, 2.05) is 25.1 Å². The summed E-state index contributed by atoms with van der Waals surface area (Å²) in [6, 6.07) is 9.32. The van der Waals surface area contributed by atoms with Crippen molar-refractivity contribution in [1.82, 2.24) is 14.2 Å². The average Bonchev–Trinajstić information content (AvgIpc) is 2.75. The first-order valence-corrected chi connectivity index (χ1v) is 12.1. The summed E-state index contributed by atoms with van der Waals surface area (Å²) >= 11 is 0. The molecule has 0 atom stereocenters. The van der Waals surface area contributed by atoms with Crippen molar-refractivity contribution in [3.63, 3.8) is 0 Å². The highest BCUT2D eigenvalue weighted by molar-refractivity contribution is 7.89. The summed E-state index contributed by atoms with van der Waals surface area (Å²) in [6.45, 7) is 9.16. The highest BCUT2D eigenvalue weighted by atomic mass is 32.2. The van der Waals surface area contributed by atoms with Crippen LogP contribution in [0.15, 0.2) is 36.5 Å². The molecule has 2 N–H and O–H groups in total. The third-order valence-corrected chi connectivity index (χ3v) is 7.59. The van der Waals surface area contributed by atoms with Crippen molar-refractivity contribution in [2.75, 3.05) is 36.8 Å². The van der Waals surface area contributed by atoms with Crippen molar-refractivity contribution in [3.05, 3.63) is 58.9 Å².